The second-order valence-corrected chi connectivity index (χ2v) is 7.39. The van der Waals surface area contributed by atoms with E-state index in [1.807, 2.05) is 51.2 Å². The van der Waals surface area contributed by atoms with E-state index in [1.54, 1.807) is 0 Å². The molecule has 3 rings (SSSR count). The summed E-state index contributed by atoms with van der Waals surface area (Å²) in [6.07, 6.45) is 1.89. The molecule has 136 valence electrons. The number of rotatable bonds is 5. The number of aryl methyl sites for hydroxylation is 1. The van der Waals surface area contributed by atoms with Crippen LogP contribution in [0.25, 0.3) is 0 Å². The lowest BCUT2D eigenvalue weighted by molar-refractivity contribution is 0.0299. The van der Waals surface area contributed by atoms with Crippen molar-refractivity contribution < 1.29 is 9.84 Å². The summed E-state index contributed by atoms with van der Waals surface area (Å²) in [6, 6.07) is 6.03. The maximum absolute atomic E-state index is 10.8. The van der Waals surface area contributed by atoms with Crippen LogP contribution in [0.3, 0.4) is 0 Å². The van der Waals surface area contributed by atoms with Crippen molar-refractivity contribution in [2.24, 2.45) is 0 Å². The van der Waals surface area contributed by atoms with E-state index in [1.165, 1.54) is 0 Å². The van der Waals surface area contributed by atoms with Crippen LogP contribution in [-0.2, 0) is 18.7 Å². The highest BCUT2D eigenvalue weighted by Gasteiger charge is 2.26. The lowest BCUT2D eigenvalue weighted by Crippen LogP contribution is -2.34. The summed E-state index contributed by atoms with van der Waals surface area (Å²) in [7, 11) is 3.93. The van der Waals surface area contributed by atoms with Gasteiger partial charge in [0.05, 0.1) is 5.60 Å². The molecule has 0 saturated carbocycles. The SMILES string of the molecule is Cc1ncc(CN2CCOc3ccc(C(C)(O)CN(C)C)cc3C2)[nH]1. The highest BCUT2D eigenvalue weighted by atomic mass is 16.5. The molecule has 2 aromatic rings. The zero-order valence-electron chi connectivity index (χ0n) is 15.5. The number of nitrogens with zero attached hydrogens (tertiary/aromatic N) is 3. The van der Waals surface area contributed by atoms with Crippen LogP contribution < -0.4 is 4.74 Å². The number of likely N-dealkylation sites (N-methyl/N-ethyl adjacent to an activating group) is 1. The largest absolute Gasteiger partial charge is 0.492 e. The van der Waals surface area contributed by atoms with E-state index in [9.17, 15) is 5.11 Å². The minimum Gasteiger partial charge on any atom is -0.492 e. The van der Waals surface area contributed by atoms with E-state index < -0.39 is 5.60 Å². The summed E-state index contributed by atoms with van der Waals surface area (Å²) in [5.74, 6) is 1.84. The topological polar surface area (TPSA) is 64.6 Å². The molecule has 2 N–H and O–H groups in total. The third-order valence-corrected chi connectivity index (χ3v) is 4.51. The molecule has 0 saturated heterocycles. The fourth-order valence-electron chi connectivity index (χ4n) is 3.42. The zero-order valence-corrected chi connectivity index (χ0v) is 15.5. The molecule has 2 heterocycles. The first-order chi connectivity index (χ1) is 11.8. The van der Waals surface area contributed by atoms with Crippen molar-refractivity contribution in [1.29, 1.82) is 0 Å². The Bertz CT molecular complexity index is 724. The van der Waals surface area contributed by atoms with Gasteiger partial charge in [0, 0.05) is 43.6 Å². The monoisotopic (exact) mass is 344 g/mol. The maximum atomic E-state index is 10.8. The molecule has 0 amide bonds. The minimum absolute atomic E-state index is 0.573. The van der Waals surface area contributed by atoms with Crippen LogP contribution in [0.1, 0.15) is 29.6 Å². The van der Waals surface area contributed by atoms with E-state index in [0.717, 1.165) is 48.0 Å². The molecule has 1 aromatic heterocycles. The van der Waals surface area contributed by atoms with Gasteiger partial charge >= 0.3 is 0 Å². The van der Waals surface area contributed by atoms with E-state index in [0.29, 0.717) is 13.2 Å². The first-order valence-electron chi connectivity index (χ1n) is 8.69. The molecule has 0 radical (unpaired) electrons. The molecular formula is C19H28N4O2. The quantitative estimate of drug-likeness (QED) is 0.867. The van der Waals surface area contributed by atoms with Gasteiger partial charge in [0.2, 0.25) is 0 Å². The fourth-order valence-corrected chi connectivity index (χ4v) is 3.42. The molecule has 1 aliphatic rings. The van der Waals surface area contributed by atoms with Crippen LogP contribution in [0.5, 0.6) is 5.75 Å². The molecule has 0 fully saturated rings. The number of ether oxygens (including phenoxy) is 1. The summed E-state index contributed by atoms with van der Waals surface area (Å²) < 4.78 is 5.91. The third kappa shape index (κ3) is 4.39. The average Bonchev–Trinajstić information content (AvgIpc) is 2.81. The van der Waals surface area contributed by atoms with Gasteiger partial charge in [0.15, 0.2) is 0 Å². The molecule has 1 atom stereocenters. The Hall–Kier alpha value is -1.89. The standard InChI is InChI=1S/C19H28N4O2/c1-14-20-10-17(21-14)12-23-7-8-25-18-6-5-16(9-15(18)11-23)19(2,24)13-22(3)4/h5-6,9-10,24H,7-8,11-13H2,1-4H3,(H,20,21). The van der Waals surface area contributed by atoms with Crippen molar-refractivity contribution in [1.82, 2.24) is 19.8 Å². The molecule has 6 nitrogen and oxygen atoms in total. The Morgan fingerprint density at radius 3 is 2.88 bits per heavy atom. The molecule has 0 bridgehead atoms. The summed E-state index contributed by atoms with van der Waals surface area (Å²) in [6.45, 7) is 7.51. The van der Waals surface area contributed by atoms with Gasteiger partial charge in [0.1, 0.15) is 18.2 Å². The first kappa shape index (κ1) is 17.9. The molecule has 25 heavy (non-hydrogen) atoms. The van der Waals surface area contributed by atoms with Crippen molar-refractivity contribution in [3.8, 4) is 5.75 Å². The molecular weight excluding hydrogens is 316 g/mol. The Morgan fingerprint density at radius 1 is 1.40 bits per heavy atom. The Balaban J connectivity index is 1.80. The molecule has 1 aliphatic heterocycles. The van der Waals surface area contributed by atoms with Gasteiger partial charge < -0.3 is 19.7 Å². The smallest absolute Gasteiger partial charge is 0.123 e. The number of nitrogens with one attached hydrogen (secondary N) is 1. The van der Waals surface area contributed by atoms with Gasteiger partial charge in [-0.15, -0.1) is 0 Å². The van der Waals surface area contributed by atoms with Gasteiger partial charge in [-0.1, -0.05) is 6.07 Å². The fraction of sp³-hybridized carbons (Fsp3) is 0.526. The lowest BCUT2D eigenvalue weighted by Gasteiger charge is -2.28. The summed E-state index contributed by atoms with van der Waals surface area (Å²) in [4.78, 5) is 11.9. The number of hydrogen-bond acceptors (Lipinski definition) is 5. The molecule has 6 heteroatoms. The minimum atomic E-state index is -0.893. The Morgan fingerprint density at radius 2 is 2.20 bits per heavy atom. The third-order valence-electron chi connectivity index (χ3n) is 4.51. The number of fused-ring (bicyclic) bond motifs is 1. The molecule has 1 aromatic carbocycles. The number of aromatic amines is 1. The van der Waals surface area contributed by atoms with Crippen molar-refractivity contribution >= 4 is 0 Å². The van der Waals surface area contributed by atoms with Crippen molar-refractivity contribution in [3.63, 3.8) is 0 Å². The van der Waals surface area contributed by atoms with Crippen molar-refractivity contribution in [2.75, 3.05) is 33.8 Å². The van der Waals surface area contributed by atoms with Gasteiger partial charge in [-0.2, -0.15) is 0 Å². The average molecular weight is 344 g/mol. The van der Waals surface area contributed by atoms with Gasteiger partial charge in [0.25, 0.3) is 0 Å². The number of aromatic nitrogens is 2. The number of benzene rings is 1. The van der Waals surface area contributed by atoms with E-state index >= 15 is 0 Å². The predicted molar refractivity (Wildman–Crippen MR) is 97.5 cm³/mol. The van der Waals surface area contributed by atoms with Gasteiger partial charge in [-0.05, 0) is 45.6 Å². The summed E-state index contributed by atoms with van der Waals surface area (Å²) >= 11 is 0. The van der Waals surface area contributed by atoms with Crippen LogP contribution in [0.4, 0.5) is 0 Å². The highest BCUT2D eigenvalue weighted by molar-refractivity contribution is 5.40. The molecule has 0 aliphatic carbocycles. The maximum Gasteiger partial charge on any atom is 0.123 e. The lowest BCUT2D eigenvalue weighted by atomic mass is 9.93. The highest BCUT2D eigenvalue weighted by Crippen LogP contribution is 2.30. The Labute approximate surface area is 149 Å². The zero-order chi connectivity index (χ0) is 18.0. The van der Waals surface area contributed by atoms with Crippen LogP contribution in [0.15, 0.2) is 24.4 Å². The van der Waals surface area contributed by atoms with Crippen LogP contribution in [0.2, 0.25) is 0 Å². The second-order valence-electron chi connectivity index (χ2n) is 7.39. The van der Waals surface area contributed by atoms with Crippen LogP contribution in [-0.4, -0.2) is 58.7 Å². The number of imidazole rings is 1. The van der Waals surface area contributed by atoms with Gasteiger partial charge in [-0.25, -0.2) is 4.98 Å². The normalized spacial score (nSPS) is 17.7. The Kier molecular flexibility index (Phi) is 5.13. The number of H-pyrrole nitrogens is 1. The van der Waals surface area contributed by atoms with Crippen molar-refractivity contribution in [3.05, 3.63) is 47.0 Å². The molecule has 0 spiro atoms. The van der Waals surface area contributed by atoms with Crippen LogP contribution in [0, 0.1) is 6.92 Å². The predicted octanol–water partition coefficient (Wildman–Crippen LogP) is 1.88. The molecule has 1 unspecified atom stereocenters. The van der Waals surface area contributed by atoms with E-state index in [2.05, 4.69) is 20.9 Å². The van der Waals surface area contributed by atoms with E-state index in [-0.39, 0.29) is 0 Å². The summed E-state index contributed by atoms with van der Waals surface area (Å²) in [5.41, 5.74) is 2.25. The summed E-state index contributed by atoms with van der Waals surface area (Å²) in [5, 5.41) is 10.8. The van der Waals surface area contributed by atoms with E-state index in [4.69, 9.17) is 4.74 Å². The van der Waals surface area contributed by atoms with Crippen LogP contribution >= 0.6 is 0 Å². The second kappa shape index (κ2) is 7.15. The van der Waals surface area contributed by atoms with Gasteiger partial charge in [-0.3, -0.25) is 4.90 Å². The number of hydrogen-bond donors (Lipinski definition) is 2. The number of aliphatic hydroxyl groups is 1. The first-order valence-corrected chi connectivity index (χ1v) is 8.69. The van der Waals surface area contributed by atoms with Crippen molar-refractivity contribution in [2.45, 2.75) is 32.5 Å².